The normalized spacial score (nSPS) is 23.1. The van der Waals surface area contributed by atoms with Gasteiger partial charge in [0.2, 0.25) is 5.91 Å². The van der Waals surface area contributed by atoms with Gasteiger partial charge in [-0.2, -0.15) is 0 Å². The number of aliphatic carboxylic acids is 1. The lowest BCUT2D eigenvalue weighted by atomic mass is 10.1. The Hall–Kier alpha value is -2.05. The molecule has 0 radical (unpaired) electrons. The van der Waals surface area contributed by atoms with Gasteiger partial charge in [-0.1, -0.05) is 11.6 Å². The van der Waals surface area contributed by atoms with Crippen LogP contribution in [0.3, 0.4) is 0 Å². The van der Waals surface area contributed by atoms with Crippen LogP contribution in [0.2, 0.25) is 0 Å². The van der Waals surface area contributed by atoms with Crippen molar-refractivity contribution in [1.82, 2.24) is 15.1 Å². The number of urea groups is 1. The average molecular weight is 281 g/mol. The first-order valence-electron chi connectivity index (χ1n) is 6.69. The number of carboxylic acid groups (broad SMARTS) is 1. The Morgan fingerprint density at radius 2 is 2.20 bits per heavy atom. The minimum Gasteiger partial charge on any atom is -0.481 e. The zero-order valence-corrected chi connectivity index (χ0v) is 11.5. The molecule has 1 fully saturated rings. The summed E-state index contributed by atoms with van der Waals surface area (Å²) in [5, 5.41) is 11.5. The van der Waals surface area contributed by atoms with E-state index in [-0.39, 0.29) is 12.5 Å². The van der Waals surface area contributed by atoms with Crippen LogP contribution in [0.5, 0.6) is 0 Å². The van der Waals surface area contributed by atoms with Gasteiger partial charge < -0.3 is 20.2 Å². The second-order valence-corrected chi connectivity index (χ2v) is 5.13. The summed E-state index contributed by atoms with van der Waals surface area (Å²) < 4.78 is 0. The Morgan fingerprint density at radius 3 is 2.80 bits per heavy atom. The van der Waals surface area contributed by atoms with Crippen LogP contribution in [0.25, 0.3) is 0 Å². The molecule has 2 N–H and O–H groups in total. The smallest absolute Gasteiger partial charge is 0.321 e. The van der Waals surface area contributed by atoms with Gasteiger partial charge in [0.15, 0.2) is 0 Å². The van der Waals surface area contributed by atoms with Crippen LogP contribution < -0.4 is 5.32 Å². The van der Waals surface area contributed by atoms with Gasteiger partial charge in [0, 0.05) is 26.2 Å². The number of hydrogen-bond donors (Lipinski definition) is 2. The van der Waals surface area contributed by atoms with E-state index in [0.29, 0.717) is 26.2 Å². The van der Waals surface area contributed by atoms with E-state index in [0.717, 1.165) is 6.42 Å². The quantitative estimate of drug-likeness (QED) is 0.699. The molecule has 2 aliphatic rings. The summed E-state index contributed by atoms with van der Waals surface area (Å²) in [6, 6.07) is -1.17. The van der Waals surface area contributed by atoms with Crippen LogP contribution in [-0.4, -0.2) is 65.0 Å². The summed E-state index contributed by atoms with van der Waals surface area (Å²) in [5.41, 5.74) is 1.24. The number of nitrogens with zero attached hydrogens (tertiary/aromatic N) is 2. The maximum atomic E-state index is 12.4. The van der Waals surface area contributed by atoms with Crippen molar-refractivity contribution >= 4 is 17.9 Å². The van der Waals surface area contributed by atoms with Gasteiger partial charge in [-0.05, 0) is 13.3 Å². The van der Waals surface area contributed by atoms with Crippen molar-refractivity contribution in [2.45, 2.75) is 25.8 Å². The standard InChI is InChI=1S/C13H19N3O4/c1-9-2-5-15(6-3-9)13(20)16-7-4-14-12(19)10(16)8-11(17)18/h2,10H,3-8H2,1H3,(H,14,19)(H,17,18). The minimum absolute atomic E-state index is 0.255. The third-order valence-corrected chi connectivity index (χ3v) is 3.65. The molecule has 1 unspecified atom stereocenters. The highest BCUT2D eigenvalue weighted by Crippen LogP contribution is 2.16. The Labute approximate surface area is 117 Å². The van der Waals surface area contributed by atoms with Crippen LogP contribution in [0.15, 0.2) is 11.6 Å². The van der Waals surface area contributed by atoms with E-state index in [2.05, 4.69) is 5.32 Å². The van der Waals surface area contributed by atoms with Crippen molar-refractivity contribution < 1.29 is 19.5 Å². The Kier molecular flexibility index (Phi) is 4.26. The monoisotopic (exact) mass is 281 g/mol. The number of rotatable bonds is 2. The van der Waals surface area contributed by atoms with E-state index in [9.17, 15) is 14.4 Å². The van der Waals surface area contributed by atoms with Crippen LogP contribution in [0.1, 0.15) is 19.8 Å². The van der Waals surface area contributed by atoms with Crippen molar-refractivity contribution in [2.24, 2.45) is 0 Å². The fourth-order valence-electron chi connectivity index (χ4n) is 2.44. The van der Waals surface area contributed by atoms with E-state index in [1.165, 1.54) is 10.5 Å². The predicted octanol–water partition coefficient (Wildman–Crippen LogP) is 0.0335. The lowest BCUT2D eigenvalue weighted by Gasteiger charge is -2.38. The third-order valence-electron chi connectivity index (χ3n) is 3.65. The average Bonchev–Trinajstić information content (AvgIpc) is 2.41. The van der Waals surface area contributed by atoms with Gasteiger partial charge in [0.1, 0.15) is 6.04 Å². The van der Waals surface area contributed by atoms with Gasteiger partial charge in [0.05, 0.1) is 6.42 Å². The molecule has 7 nitrogen and oxygen atoms in total. The number of carbonyl (C=O) groups excluding carboxylic acids is 2. The van der Waals surface area contributed by atoms with Gasteiger partial charge in [-0.3, -0.25) is 9.59 Å². The van der Waals surface area contributed by atoms with Crippen LogP contribution in [0, 0.1) is 0 Å². The third kappa shape index (κ3) is 3.09. The second-order valence-electron chi connectivity index (χ2n) is 5.13. The van der Waals surface area contributed by atoms with Crippen LogP contribution in [0.4, 0.5) is 4.79 Å². The number of carbonyl (C=O) groups is 3. The number of carboxylic acids is 1. The topological polar surface area (TPSA) is 90.0 Å². The summed E-state index contributed by atoms with van der Waals surface area (Å²) in [6.07, 6.45) is 2.44. The molecule has 2 rings (SSSR count). The molecule has 7 heteroatoms. The Bertz CT molecular complexity index is 461. The second kappa shape index (κ2) is 5.94. The molecule has 0 spiro atoms. The van der Waals surface area contributed by atoms with Crippen LogP contribution >= 0.6 is 0 Å². The first-order valence-corrected chi connectivity index (χ1v) is 6.69. The Balaban J connectivity index is 2.09. The number of piperazine rings is 1. The zero-order valence-electron chi connectivity index (χ0n) is 11.5. The molecule has 110 valence electrons. The largest absolute Gasteiger partial charge is 0.481 e. The van der Waals surface area contributed by atoms with E-state index < -0.39 is 17.9 Å². The summed E-state index contributed by atoms with van der Waals surface area (Å²) >= 11 is 0. The Morgan fingerprint density at radius 1 is 1.45 bits per heavy atom. The maximum Gasteiger partial charge on any atom is 0.321 e. The number of hydrogen-bond acceptors (Lipinski definition) is 3. The van der Waals surface area contributed by atoms with Gasteiger partial charge >= 0.3 is 12.0 Å². The molecule has 2 aliphatic heterocycles. The van der Waals surface area contributed by atoms with E-state index >= 15 is 0 Å². The maximum absolute atomic E-state index is 12.4. The van der Waals surface area contributed by atoms with E-state index in [1.807, 2.05) is 13.0 Å². The molecular formula is C13H19N3O4. The van der Waals surface area contributed by atoms with E-state index in [1.54, 1.807) is 4.90 Å². The molecule has 0 aromatic heterocycles. The predicted molar refractivity (Wildman–Crippen MR) is 71.1 cm³/mol. The molecule has 1 atom stereocenters. The molecule has 2 heterocycles. The summed E-state index contributed by atoms with van der Waals surface area (Å²) in [7, 11) is 0. The van der Waals surface area contributed by atoms with Gasteiger partial charge in [-0.15, -0.1) is 0 Å². The number of amides is 3. The molecule has 3 amide bonds. The van der Waals surface area contributed by atoms with Crippen molar-refractivity contribution in [3.8, 4) is 0 Å². The first-order chi connectivity index (χ1) is 9.49. The van der Waals surface area contributed by atoms with Crippen molar-refractivity contribution in [1.29, 1.82) is 0 Å². The highest BCUT2D eigenvalue weighted by Gasteiger charge is 2.36. The highest BCUT2D eigenvalue weighted by atomic mass is 16.4. The van der Waals surface area contributed by atoms with Crippen molar-refractivity contribution in [3.05, 3.63) is 11.6 Å². The van der Waals surface area contributed by atoms with Gasteiger partial charge in [-0.25, -0.2) is 4.79 Å². The molecule has 0 aromatic carbocycles. The summed E-state index contributed by atoms with van der Waals surface area (Å²) in [5.74, 6) is -1.48. The fourth-order valence-corrected chi connectivity index (χ4v) is 2.44. The first kappa shape index (κ1) is 14.4. The van der Waals surface area contributed by atoms with Crippen LogP contribution in [-0.2, 0) is 9.59 Å². The van der Waals surface area contributed by atoms with E-state index in [4.69, 9.17) is 5.11 Å². The van der Waals surface area contributed by atoms with Gasteiger partial charge in [0.25, 0.3) is 0 Å². The molecule has 1 saturated heterocycles. The lowest BCUT2D eigenvalue weighted by molar-refractivity contribution is -0.142. The fraction of sp³-hybridized carbons (Fsp3) is 0.615. The molecule has 0 aromatic rings. The molecular weight excluding hydrogens is 262 g/mol. The molecule has 0 saturated carbocycles. The van der Waals surface area contributed by atoms with Crippen molar-refractivity contribution in [2.75, 3.05) is 26.2 Å². The minimum atomic E-state index is -1.08. The van der Waals surface area contributed by atoms with Crippen molar-refractivity contribution in [3.63, 3.8) is 0 Å². The molecule has 0 aliphatic carbocycles. The highest BCUT2D eigenvalue weighted by molar-refractivity contribution is 5.91. The molecule has 20 heavy (non-hydrogen) atoms. The summed E-state index contributed by atoms with van der Waals surface area (Å²) in [4.78, 5) is 38.1. The lowest BCUT2D eigenvalue weighted by Crippen LogP contribution is -2.60. The number of nitrogens with one attached hydrogen (secondary N) is 1. The zero-order chi connectivity index (χ0) is 14.7. The SMILES string of the molecule is CC1=CCN(C(=O)N2CCNC(=O)C2CC(=O)O)CC1. The molecule has 0 bridgehead atoms. The summed E-state index contributed by atoms with van der Waals surface area (Å²) in [6.45, 7) is 3.86.